The van der Waals surface area contributed by atoms with Crippen LogP contribution >= 0.6 is 23.1 Å². The van der Waals surface area contributed by atoms with Gasteiger partial charge in [0.2, 0.25) is 5.91 Å². The van der Waals surface area contributed by atoms with Gasteiger partial charge in [-0.1, -0.05) is 72.8 Å². The number of benzene rings is 3. The number of aromatic nitrogens is 1. The van der Waals surface area contributed by atoms with Crippen LogP contribution in [0.5, 0.6) is 0 Å². The number of rotatable bonds is 6. The molecular weight excluding hydrogens is 372 g/mol. The van der Waals surface area contributed by atoms with Crippen molar-refractivity contribution in [2.75, 3.05) is 11.1 Å². The molecule has 3 nitrogen and oxygen atoms in total. The molecule has 1 N–H and O–H groups in total. The van der Waals surface area contributed by atoms with Crippen LogP contribution in [-0.4, -0.2) is 16.6 Å². The van der Waals surface area contributed by atoms with Gasteiger partial charge in [-0.3, -0.25) is 4.79 Å². The number of nitrogens with zero attached hydrogens (tertiary/aromatic N) is 1. The number of nitrogens with one attached hydrogen (secondary N) is 1. The van der Waals surface area contributed by atoms with Gasteiger partial charge in [0.05, 0.1) is 11.4 Å². The normalized spacial score (nSPS) is 10.8. The molecule has 0 atom stereocenters. The second kappa shape index (κ2) is 8.37. The average molecular weight is 391 g/mol. The Hall–Kier alpha value is -2.63. The largest absolute Gasteiger partial charge is 0.301 e. The number of fused-ring (bicyclic) bond motifs is 1. The third-order valence-electron chi connectivity index (χ3n) is 4.16. The van der Waals surface area contributed by atoms with Crippen molar-refractivity contribution >= 4 is 44.9 Å². The lowest BCUT2D eigenvalue weighted by Gasteiger charge is -2.04. The van der Waals surface area contributed by atoms with Crippen LogP contribution in [0.3, 0.4) is 0 Å². The maximum atomic E-state index is 12.2. The number of thioether (sulfide) groups is 1. The van der Waals surface area contributed by atoms with E-state index >= 15 is 0 Å². The molecule has 0 fully saturated rings. The summed E-state index contributed by atoms with van der Waals surface area (Å²) in [6, 6.07) is 24.6. The van der Waals surface area contributed by atoms with Crippen LogP contribution in [-0.2, 0) is 10.5 Å². The van der Waals surface area contributed by atoms with Gasteiger partial charge < -0.3 is 5.32 Å². The molecule has 1 heterocycles. The Kier molecular flexibility index (Phi) is 5.51. The van der Waals surface area contributed by atoms with E-state index < -0.39 is 0 Å². The van der Waals surface area contributed by atoms with E-state index in [9.17, 15) is 4.79 Å². The number of anilines is 1. The quantitative estimate of drug-likeness (QED) is 0.450. The highest BCUT2D eigenvalue weighted by Gasteiger charge is 2.10. The second-order valence-corrected chi connectivity index (χ2v) is 7.93. The fraction of sp³-hybridized carbons (Fsp3) is 0.0909. The Morgan fingerprint density at radius 1 is 0.963 bits per heavy atom. The average Bonchev–Trinajstić information content (AvgIpc) is 3.16. The van der Waals surface area contributed by atoms with E-state index in [0.29, 0.717) is 10.9 Å². The van der Waals surface area contributed by atoms with E-state index in [4.69, 9.17) is 0 Å². The smallest absolute Gasteiger partial charge is 0.236 e. The molecule has 0 radical (unpaired) electrons. The molecule has 27 heavy (non-hydrogen) atoms. The molecular formula is C22H18N2OS2. The summed E-state index contributed by atoms with van der Waals surface area (Å²) in [5.41, 5.74) is 3.20. The summed E-state index contributed by atoms with van der Waals surface area (Å²) in [5.74, 6) is 1.22. The zero-order valence-electron chi connectivity index (χ0n) is 14.6. The molecule has 0 saturated heterocycles. The van der Waals surface area contributed by atoms with Crippen LogP contribution in [0, 0.1) is 0 Å². The Bertz CT molecular complexity index is 1050. The van der Waals surface area contributed by atoms with Crippen molar-refractivity contribution < 1.29 is 4.79 Å². The molecule has 4 aromatic rings. The van der Waals surface area contributed by atoms with Crippen molar-refractivity contribution in [2.24, 2.45) is 0 Å². The summed E-state index contributed by atoms with van der Waals surface area (Å²) in [6.45, 7) is 0. The van der Waals surface area contributed by atoms with E-state index in [2.05, 4.69) is 46.7 Å². The van der Waals surface area contributed by atoms with Crippen LogP contribution in [0.2, 0.25) is 0 Å². The molecule has 0 bridgehead atoms. The topological polar surface area (TPSA) is 42.0 Å². The van der Waals surface area contributed by atoms with Gasteiger partial charge in [-0.25, -0.2) is 4.98 Å². The van der Waals surface area contributed by atoms with Gasteiger partial charge in [0.25, 0.3) is 0 Å². The lowest BCUT2D eigenvalue weighted by molar-refractivity contribution is -0.113. The first-order valence-corrected chi connectivity index (χ1v) is 10.7. The van der Waals surface area contributed by atoms with Gasteiger partial charge in [0, 0.05) is 16.7 Å². The first-order valence-electron chi connectivity index (χ1n) is 8.65. The molecule has 4 rings (SSSR count). The number of amides is 1. The van der Waals surface area contributed by atoms with Crippen molar-refractivity contribution in [2.45, 2.75) is 5.75 Å². The highest BCUT2D eigenvalue weighted by atomic mass is 32.2. The standard InChI is InChI=1S/C22H18N2OS2/c25-21(15-26-13-16-7-2-1-3-8-16)24-22-23-20(14-27-22)19-12-6-10-17-9-4-5-11-18(17)19/h1-12,14H,13,15H2,(H,23,24,25). The summed E-state index contributed by atoms with van der Waals surface area (Å²) in [7, 11) is 0. The van der Waals surface area contributed by atoms with Crippen molar-refractivity contribution in [1.82, 2.24) is 4.98 Å². The fourth-order valence-electron chi connectivity index (χ4n) is 2.89. The minimum Gasteiger partial charge on any atom is -0.301 e. The molecule has 0 aliphatic carbocycles. The summed E-state index contributed by atoms with van der Waals surface area (Å²) < 4.78 is 0. The third kappa shape index (κ3) is 4.38. The highest BCUT2D eigenvalue weighted by molar-refractivity contribution is 7.99. The fourth-order valence-corrected chi connectivity index (χ4v) is 4.41. The van der Waals surface area contributed by atoms with Gasteiger partial charge >= 0.3 is 0 Å². The Morgan fingerprint density at radius 2 is 1.74 bits per heavy atom. The molecule has 0 aliphatic heterocycles. The lowest BCUT2D eigenvalue weighted by atomic mass is 10.0. The SMILES string of the molecule is O=C(CSCc1ccccc1)Nc1nc(-c2cccc3ccccc23)cs1. The highest BCUT2D eigenvalue weighted by Crippen LogP contribution is 2.31. The monoisotopic (exact) mass is 390 g/mol. The zero-order valence-corrected chi connectivity index (χ0v) is 16.2. The van der Waals surface area contributed by atoms with Gasteiger partial charge in [0.1, 0.15) is 0 Å². The Balaban J connectivity index is 1.40. The van der Waals surface area contributed by atoms with E-state index in [-0.39, 0.29) is 5.91 Å². The van der Waals surface area contributed by atoms with Crippen LogP contribution in [0.15, 0.2) is 78.2 Å². The predicted molar refractivity (Wildman–Crippen MR) is 116 cm³/mol. The van der Waals surface area contributed by atoms with Crippen molar-refractivity contribution in [3.63, 3.8) is 0 Å². The minimum absolute atomic E-state index is 0.0187. The maximum absolute atomic E-state index is 12.2. The molecule has 0 saturated carbocycles. The van der Waals surface area contributed by atoms with E-state index in [0.717, 1.165) is 17.0 Å². The molecule has 0 unspecified atom stereocenters. The van der Waals surface area contributed by atoms with Crippen molar-refractivity contribution in [3.8, 4) is 11.3 Å². The van der Waals surface area contributed by atoms with Gasteiger partial charge in [0.15, 0.2) is 5.13 Å². The van der Waals surface area contributed by atoms with Gasteiger partial charge in [-0.05, 0) is 16.3 Å². The predicted octanol–water partition coefficient (Wildman–Crippen LogP) is 5.84. The summed E-state index contributed by atoms with van der Waals surface area (Å²) in [6.07, 6.45) is 0. The van der Waals surface area contributed by atoms with Crippen LogP contribution in [0.1, 0.15) is 5.56 Å². The van der Waals surface area contributed by atoms with Gasteiger partial charge in [-0.15, -0.1) is 23.1 Å². The second-order valence-electron chi connectivity index (χ2n) is 6.09. The van der Waals surface area contributed by atoms with Crippen molar-refractivity contribution in [3.05, 3.63) is 83.7 Å². The molecule has 3 aromatic carbocycles. The van der Waals surface area contributed by atoms with E-state index in [1.54, 1.807) is 11.8 Å². The first-order chi connectivity index (χ1) is 13.3. The van der Waals surface area contributed by atoms with Gasteiger partial charge in [-0.2, -0.15) is 0 Å². The first kappa shape index (κ1) is 17.8. The lowest BCUT2D eigenvalue weighted by Crippen LogP contribution is -2.13. The number of carbonyl (C=O) groups is 1. The molecule has 0 spiro atoms. The molecule has 0 aliphatic rings. The summed E-state index contributed by atoms with van der Waals surface area (Å²) in [5, 5.41) is 7.90. The molecule has 5 heteroatoms. The minimum atomic E-state index is -0.0187. The summed E-state index contributed by atoms with van der Waals surface area (Å²) >= 11 is 3.06. The number of hydrogen-bond acceptors (Lipinski definition) is 4. The summed E-state index contributed by atoms with van der Waals surface area (Å²) in [4.78, 5) is 16.8. The van der Waals surface area contributed by atoms with E-state index in [1.807, 2.05) is 41.8 Å². The number of hydrogen-bond donors (Lipinski definition) is 1. The maximum Gasteiger partial charge on any atom is 0.236 e. The molecule has 1 amide bonds. The molecule has 1 aromatic heterocycles. The van der Waals surface area contributed by atoms with Crippen LogP contribution < -0.4 is 5.32 Å². The van der Waals surface area contributed by atoms with Crippen molar-refractivity contribution in [1.29, 1.82) is 0 Å². The molecule has 134 valence electrons. The van der Waals surface area contributed by atoms with E-state index in [1.165, 1.54) is 27.7 Å². The van der Waals surface area contributed by atoms with Crippen LogP contribution in [0.25, 0.3) is 22.0 Å². The number of carbonyl (C=O) groups excluding carboxylic acids is 1. The number of thiazole rings is 1. The van der Waals surface area contributed by atoms with Crippen LogP contribution in [0.4, 0.5) is 5.13 Å². The Morgan fingerprint density at radius 3 is 2.63 bits per heavy atom. The Labute approximate surface area is 166 Å². The zero-order chi connectivity index (χ0) is 18.5. The third-order valence-corrected chi connectivity index (χ3v) is 5.92.